The van der Waals surface area contributed by atoms with Crippen LogP contribution in [0.2, 0.25) is 0 Å². The van der Waals surface area contributed by atoms with Crippen LogP contribution in [0.25, 0.3) is 11.3 Å². The summed E-state index contributed by atoms with van der Waals surface area (Å²) in [4.78, 5) is 8.65. The summed E-state index contributed by atoms with van der Waals surface area (Å²) in [5.74, 6) is 0.601. The van der Waals surface area contributed by atoms with E-state index in [2.05, 4.69) is 25.3 Å². The van der Waals surface area contributed by atoms with Crippen LogP contribution in [0.5, 0.6) is 5.75 Å². The summed E-state index contributed by atoms with van der Waals surface area (Å²) in [6.07, 6.45) is -4.75. The van der Waals surface area contributed by atoms with E-state index in [4.69, 9.17) is 0 Å². The Balaban J connectivity index is 1.86. The third-order valence-electron chi connectivity index (χ3n) is 3.63. The number of halogens is 3. The normalized spacial score (nSPS) is 11.1. The van der Waals surface area contributed by atoms with Crippen LogP contribution in [0.1, 0.15) is 5.56 Å². The molecule has 0 bridgehead atoms. The molecule has 0 fully saturated rings. The van der Waals surface area contributed by atoms with Crippen molar-refractivity contribution < 1.29 is 17.9 Å². The molecule has 0 atom stereocenters. The van der Waals surface area contributed by atoms with Crippen LogP contribution >= 0.6 is 0 Å². The minimum Gasteiger partial charge on any atom is -0.406 e. The number of nitrogens with zero attached hydrogens (tertiary/aromatic N) is 2. The molecule has 5 nitrogen and oxygen atoms in total. The standard InChI is InChI=1S/C19H17F3N4O/c1-23-18-25-16(14-8-5-9-15(10-14)27-19(20,21)22)11-17(26-18)24-12-13-6-3-2-4-7-13/h2-11H,12H2,1H3,(H2,23,24,25,26). The van der Waals surface area contributed by atoms with Crippen molar-refractivity contribution in [2.45, 2.75) is 12.9 Å². The Labute approximate surface area is 154 Å². The van der Waals surface area contributed by atoms with Crippen molar-refractivity contribution in [1.82, 2.24) is 9.97 Å². The maximum Gasteiger partial charge on any atom is 0.573 e. The number of benzene rings is 2. The smallest absolute Gasteiger partial charge is 0.406 e. The summed E-state index contributed by atoms with van der Waals surface area (Å²) in [6, 6.07) is 17.1. The van der Waals surface area contributed by atoms with Crippen molar-refractivity contribution in [2.75, 3.05) is 17.7 Å². The second-order valence-corrected chi connectivity index (χ2v) is 5.63. The lowest BCUT2D eigenvalue weighted by Crippen LogP contribution is -2.17. The third kappa shape index (κ3) is 5.34. The molecule has 3 aromatic rings. The van der Waals surface area contributed by atoms with Crippen LogP contribution in [-0.4, -0.2) is 23.4 Å². The highest BCUT2D eigenvalue weighted by molar-refractivity contribution is 5.65. The van der Waals surface area contributed by atoms with E-state index in [9.17, 15) is 13.2 Å². The van der Waals surface area contributed by atoms with E-state index in [1.54, 1.807) is 19.2 Å². The molecule has 1 aromatic heterocycles. The van der Waals surface area contributed by atoms with Crippen LogP contribution in [0.4, 0.5) is 24.9 Å². The third-order valence-corrected chi connectivity index (χ3v) is 3.63. The van der Waals surface area contributed by atoms with Crippen molar-refractivity contribution in [3.05, 3.63) is 66.2 Å². The van der Waals surface area contributed by atoms with Gasteiger partial charge < -0.3 is 15.4 Å². The molecule has 140 valence electrons. The maximum atomic E-state index is 12.5. The van der Waals surface area contributed by atoms with Crippen molar-refractivity contribution >= 4 is 11.8 Å². The number of hydrogen-bond acceptors (Lipinski definition) is 5. The number of anilines is 2. The topological polar surface area (TPSA) is 59.1 Å². The molecule has 2 aromatic carbocycles. The highest BCUT2D eigenvalue weighted by Crippen LogP contribution is 2.28. The van der Waals surface area contributed by atoms with Gasteiger partial charge in [0, 0.05) is 25.2 Å². The Bertz CT molecular complexity index is 901. The highest BCUT2D eigenvalue weighted by atomic mass is 19.4. The number of rotatable bonds is 6. The molecule has 8 heteroatoms. The van der Waals surface area contributed by atoms with Gasteiger partial charge in [0.25, 0.3) is 0 Å². The summed E-state index contributed by atoms with van der Waals surface area (Å²) < 4.78 is 41.3. The molecule has 0 spiro atoms. The molecule has 0 radical (unpaired) electrons. The molecule has 0 saturated carbocycles. The lowest BCUT2D eigenvalue weighted by atomic mass is 10.1. The zero-order valence-corrected chi connectivity index (χ0v) is 14.4. The van der Waals surface area contributed by atoms with Gasteiger partial charge in [0.15, 0.2) is 0 Å². The Morgan fingerprint density at radius 2 is 1.74 bits per heavy atom. The summed E-state index contributed by atoms with van der Waals surface area (Å²) >= 11 is 0. The van der Waals surface area contributed by atoms with Gasteiger partial charge in [-0.1, -0.05) is 42.5 Å². The first-order valence-electron chi connectivity index (χ1n) is 8.14. The molecule has 0 amide bonds. The van der Waals surface area contributed by atoms with Crippen LogP contribution in [-0.2, 0) is 6.54 Å². The first-order chi connectivity index (χ1) is 12.9. The van der Waals surface area contributed by atoms with Crippen LogP contribution in [0.15, 0.2) is 60.7 Å². The summed E-state index contributed by atoms with van der Waals surface area (Å²) in [5.41, 5.74) is 2.03. The predicted octanol–water partition coefficient (Wildman–Crippen LogP) is 4.70. The van der Waals surface area contributed by atoms with Crippen LogP contribution in [0.3, 0.4) is 0 Å². The van der Waals surface area contributed by atoms with Gasteiger partial charge in [-0.2, -0.15) is 4.98 Å². The molecule has 3 rings (SSSR count). The average molecular weight is 374 g/mol. The lowest BCUT2D eigenvalue weighted by Gasteiger charge is -2.12. The Kier molecular flexibility index (Phi) is 5.44. The number of hydrogen-bond donors (Lipinski definition) is 2. The molecule has 0 saturated heterocycles. The zero-order valence-electron chi connectivity index (χ0n) is 14.4. The summed E-state index contributed by atoms with van der Waals surface area (Å²) in [7, 11) is 1.67. The van der Waals surface area contributed by atoms with Crippen molar-refractivity contribution in [3.63, 3.8) is 0 Å². The molecule has 1 heterocycles. The second-order valence-electron chi connectivity index (χ2n) is 5.63. The van der Waals surface area contributed by atoms with E-state index in [-0.39, 0.29) is 5.75 Å². The number of ether oxygens (including phenoxy) is 1. The lowest BCUT2D eigenvalue weighted by molar-refractivity contribution is -0.274. The van der Waals surface area contributed by atoms with Gasteiger partial charge in [0.05, 0.1) is 5.69 Å². The van der Waals surface area contributed by atoms with Crippen molar-refractivity contribution in [2.24, 2.45) is 0 Å². The van der Waals surface area contributed by atoms with E-state index >= 15 is 0 Å². The van der Waals surface area contributed by atoms with Gasteiger partial charge in [0.2, 0.25) is 5.95 Å². The molecule has 27 heavy (non-hydrogen) atoms. The zero-order chi connectivity index (χ0) is 19.3. The van der Waals surface area contributed by atoms with Gasteiger partial charge in [-0.25, -0.2) is 4.98 Å². The first-order valence-corrected chi connectivity index (χ1v) is 8.14. The Morgan fingerprint density at radius 3 is 2.44 bits per heavy atom. The largest absolute Gasteiger partial charge is 0.573 e. The number of aromatic nitrogens is 2. The molecular weight excluding hydrogens is 357 g/mol. The van der Waals surface area contributed by atoms with Crippen molar-refractivity contribution in [1.29, 1.82) is 0 Å². The SMILES string of the molecule is CNc1nc(NCc2ccccc2)cc(-c2cccc(OC(F)(F)F)c2)n1. The van der Waals surface area contributed by atoms with Gasteiger partial charge in [-0.15, -0.1) is 13.2 Å². The monoisotopic (exact) mass is 374 g/mol. The first kappa shape index (κ1) is 18.5. The molecule has 0 unspecified atom stereocenters. The molecule has 2 N–H and O–H groups in total. The minimum absolute atomic E-state index is 0.302. The summed E-state index contributed by atoms with van der Waals surface area (Å²) in [5, 5.41) is 6.05. The fourth-order valence-corrected chi connectivity index (χ4v) is 2.44. The van der Waals surface area contributed by atoms with E-state index in [0.717, 1.165) is 5.56 Å². The fraction of sp³-hybridized carbons (Fsp3) is 0.158. The van der Waals surface area contributed by atoms with E-state index in [1.165, 1.54) is 18.2 Å². The Hall–Kier alpha value is -3.29. The molecule has 0 aliphatic carbocycles. The van der Waals surface area contributed by atoms with E-state index in [0.29, 0.717) is 29.6 Å². The minimum atomic E-state index is -4.75. The molecule has 0 aliphatic heterocycles. The van der Waals surface area contributed by atoms with E-state index in [1.807, 2.05) is 30.3 Å². The fourth-order valence-electron chi connectivity index (χ4n) is 2.44. The predicted molar refractivity (Wildman–Crippen MR) is 97.5 cm³/mol. The molecule has 0 aliphatic rings. The van der Waals surface area contributed by atoms with Gasteiger partial charge in [-0.05, 0) is 17.7 Å². The maximum absolute atomic E-state index is 12.5. The van der Waals surface area contributed by atoms with Crippen LogP contribution in [0, 0.1) is 0 Å². The van der Waals surface area contributed by atoms with Crippen LogP contribution < -0.4 is 15.4 Å². The average Bonchev–Trinajstić information content (AvgIpc) is 2.66. The van der Waals surface area contributed by atoms with E-state index < -0.39 is 6.36 Å². The Morgan fingerprint density at radius 1 is 0.963 bits per heavy atom. The molecular formula is C19H17F3N4O. The summed E-state index contributed by atoms with van der Waals surface area (Å²) in [6.45, 7) is 0.553. The number of nitrogens with one attached hydrogen (secondary N) is 2. The second kappa shape index (κ2) is 7.94. The quantitative estimate of drug-likeness (QED) is 0.655. The van der Waals surface area contributed by atoms with Crippen molar-refractivity contribution in [3.8, 4) is 17.0 Å². The van der Waals surface area contributed by atoms with Gasteiger partial charge in [-0.3, -0.25) is 0 Å². The highest BCUT2D eigenvalue weighted by Gasteiger charge is 2.31. The number of alkyl halides is 3. The van der Waals surface area contributed by atoms with Gasteiger partial charge >= 0.3 is 6.36 Å². The van der Waals surface area contributed by atoms with Gasteiger partial charge in [0.1, 0.15) is 11.6 Å².